The summed E-state index contributed by atoms with van der Waals surface area (Å²) in [5.41, 5.74) is 10.3. The highest BCUT2D eigenvalue weighted by molar-refractivity contribution is 7.92. The van der Waals surface area contributed by atoms with Gasteiger partial charge in [0, 0.05) is 18.3 Å². The van der Waals surface area contributed by atoms with Crippen LogP contribution in [0.4, 0.5) is 16.0 Å². The second-order valence-electron chi connectivity index (χ2n) is 11.7. The van der Waals surface area contributed by atoms with Gasteiger partial charge in [-0.3, -0.25) is 4.72 Å². The lowest BCUT2D eigenvalue weighted by Gasteiger charge is -2.26. The number of ether oxygens (including phenoxy) is 1. The summed E-state index contributed by atoms with van der Waals surface area (Å²) < 4.78 is 51.6. The van der Waals surface area contributed by atoms with Crippen LogP contribution in [0, 0.1) is 11.7 Å². The van der Waals surface area contributed by atoms with Crippen molar-refractivity contribution in [2.45, 2.75) is 63.8 Å². The van der Waals surface area contributed by atoms with Crippen LogP contribution in [-0.4, -0.2) is 54.6 Å². The predicted molar refractivity (Wildman–Crippen MR) is 169 cm³/mol. The van der Waals surface area contributed by atoms with Gasteiger partial charge in [0.15, 0.2) is 0 Å². The molecule has 11 heteroatoms. The molecule has 5 rings (SSSR count). The van der Waals surface area contributed by atoms with E-state index in [9.17, 15) is 8.42 Å². The van der Waals surface area contributed by atoms with Crippen molar-refractivity contribution < 1.29 is 17.5 Å². The number of nitrogens with zero attached hydrogens (tertiary/aromatic N) is 4. The minimum absolute atomic E-state index is 0.0749. The molecule has 0 saturated carbocycles. The largest absolute Gasteiger partial charge is 0.480 e. The number of likely N-dealkylation sites (tertiary alicyclic amines) is 1. The monoisotopic (exact) mass is 608 g/mol. The molecule has 0 radical (unpaired) electrons. The minimum Gasteiger partial charge on any atom is -0.480 e. The van der Waals surface area contributed by atoms with E-state index in [-0.39, 0.29) is 23.4 Å². The molecule has 1 saturated heterocycles. The molecule has 1 unspecified atom stereocenters. The molecule has 1 fully saturated rings. The Balaban J connectivity index is 1.41. The van der Waals surface area contributed by atoms with Crippen LogP contribution in [0.25, 0.3) is 22.2 Å². The quantitative estimate of drug-likeness (QED) is 0.206. The topological polar surface area (TPSA) is 115 Å². The maximum atomic E-state index is 15.1. The van der Waals surface area contributed by atoms with E-state index in [2.05, 4.69) is 19.6 Å². The molecular formula is C32H41FN6O3S. The second kappa shape index (κ2) is 12.9. The van der Waals surface area contributed by atoms with Crippen molar-refractivity contribution in [2.24, 2.45) is 5.92 Å². The molecule has 0 spiro atoms. The third-order valence-corrected chi connectivity index (χ3v) is 9.87. The Hall–Kier alpha value is -3.70. The third-order valence-electron chi connectivity index (χ3n) is 8.48. The molecule has 3 N–H and O–H groups in total. The highest BCUT2D eigenvalue weighted by Crippen LogP contribution is 2.33. The third kappa shape index (κ3) is 6.78. The molecule has 1 aliphatic rings. The summed E-state index contributed by atoms with van der Waals surface area (Å²) in [4.78, 5) is 10.9. The summed E-state index contributed by atoms with van der Waals surface area (Å²) in [6, 6.07) is 11.7. The number of aryl methyl sites for hydroxylation is 1. The van der Waals surface area contributed by atoms with Gasteiger partial charge in [0.1, 0.15) is 16.4 Å². The number of halogens is 1. The minimum atomic E-state index is -4.28. The average Bonchev–Trinajstić information content (AvgIpc) is 3.30. The van der Waals surface area contributed by atoms with Crippen LogP contribution in [0.15, 0.2) is 53.6 Å². The first-order chi connectivity index (χ1) is 20.6. The number of aromatic nitrogens is 3. The predicted octanol–water partition coefficient (Wildman–Crippen LogP) is 6.26. The first-order valence-electron chi connectivity index (χ1n) is 14.9. The van der Waals surface area contributed by atoms with Gasteiger partial charge < -0.3 is 19.9 Å². The number of benzene rings is 2. The van der Waals surface area contributed by atoms with Crippen molar-refractivity contribution in [1.82, 2.24) is 19.4 Å². The molecule has 230 valence electrons. The first-order valence-corrected chi connectivity index (χ1v) is 16.4. The molecular weight excluding hydrogens is 567 g/mol. The second-order valence-corrected chi connectivity index (χ2v) is 13.3. The molecule has 0 bridgehead atoms. The summed E-state index contributed by atoms with van der Waals surface area (Å²) in [6.07, 6.45) is 6.40. The van der Waals surface area contributed by atoms with E-state index in [0.717, 1.165) is 54.8 Å². The summed E-state index contributed by atoms with van der Waals surface area (Å²) in [7, 11) is -2.87. The number of piperidine rings is 1. The van der Waals surface area contributed by atoms with Crippen molar-refractivity contribution in [3.05, 3.63) is 60.0 Å². The fraction of sp³-hybridized carbons (Fsp3) is 0.438. The van der Waals surface area contributed by atoms with E-state index in [1.54, 1.807) is 18.3 Å². The molecule has 0 aliphatic carbocycles. The van der Waals surface area contributed by atoms with Crippen LogP contribution in [0.2, 0.25) is 0 Å². The van der Waals surface area contributed by atoms with Crippen LogP contribution in [0.5, 0.6) is 5.88 Å². The molecule has 0 amide bonds. The summed E-state index contributed by atoms with van der Waals surface area (Å²) in [6.45, 7) is 10.1. The van der Waals surface area contributed by atoms with Crippen molar-refractivity contribution in [2.75, 3.05) is 37.2 Å². The standard InChI is InChI=1S/C32H41FN6O3S/c1-21(2)22(3)23-10-12-30(26(33)17-23)43(40,41)37-28-18-25(20-35-31(28)42-4)24-9-11-27-29(19-24)39(32(34)36-27)16-8-15-38-13-6-5-7-14-38/h9-12,17-22,37H,5-8,13-16H2,1-4H3,(H2,34,36). The number of imidazole rings is 1. The number of sulfonamides is 1. The van der Waals surface area contributed by atoms with Crippen molar-refractivity contribution in [3.8, 4) is 17.0 Å². The van der Waals surface area contributed by atoms with Crippen LogP contribution in [0.3, 0.4) is 0 Å². The zero-order valence-electron chi connectivity index (χ0n) is 25.3. The van der Waals surface area contributed by atoms with Crippen LogP contribution < -0.4 is 15.2 Å². The van der Waals surface area contributed by atoms with Crippen LogP contribution >= 0.6 is 0 Å². The number of hydrogen-bond donors (Lipinski definition) is 2. The van der Waals surface area contributed by atoms with E-state index < -0.39 is 20.7 Å². The fourth-order valence-corrected chi connectivity index (χ4v) is 6.75. The van der Waals surface area contributed by atoms with E-state index in [4.69, 9.17) is 10.5 Å². The Morgan fingerprint density at radius 2 is 1.79 bits per heavy atom. The van der Waals surface area contributed by atoms with Gasteiger partial charge in [0.05, 0.1) is 18.1 Å². The number of nitrogens with two attached hydrogens (primary N) is 1. The van der Waals surface area contributed by atoms with Crippen molar-refractivity contribution in [3.63, 3.8) is 0 Å². The van der Waals surface area contributed by atoms with E-state index in [1.807, 2.05) is 43.5 Å². The number of hydrogen-bond acceptors (Lipinski definition) is 7. The van der Waals surface area contributed by atoms with Gasteiger partial charge >= 0.3 is 0 Å². The lowest BCUT2D eigenvalue weighted by atomic mass is 9.90. The first kappa shape index (κ1) is 30.7. The normalized spacial score (nSPS) is 15.2. The van der Waals surface area contributed by atoms with Crippen molar-refractivity contribution >= 4 is 32.7 Å². The number of rotatable bonds is 11. The molecule has 43 heavy (non-hydrogen) atoms. The smallest absolute Gasteiger partial charge is 0.264 e. The van der Waals surface area contributed by atoms with Crippen LogP contribution in [-0.2, 0) is 16.6 Å². The van der Waals surface area contributed by atoms with Gasteiger partial charge in [-0.2, -0.15) is 0 Å². The molecule has 4 aromatic rings. The number of nitrogen functional groups attached to an aromatic ring is 1. The van der Waals surface area contributed by atoms with E-state index in [0.29, 0.717) is 11.5 Å². The zero-order chi connectivity index (χ0) is 30.7. The Morgan fingerprint density at radius 1 is 1.02 bits per heavy atom. The fourth-order valence-electron chi connectivity index (χ4n) is 5.64. The van der Waals surface area contributed by atoms with Gasteiger partial charge in [0.25, 0.3) is 10.0 Å². The molecule has 3 heterocycles. The number of anilines is 2. The molecule has 2 aromatic heterocycles. The number of fused-ring (bicyclic) bond motifs is 1. The van der Waals surface area contributed by atoms with Gasteiger partial charge in [-0.25, -0.2) is 22.8 Å². The Morgan fingerprint density at radius 3 is 2.49 bits per heavy atom. The number of pyridine rings is 1. The Labute approximate surface area is 253 Å². The highest BCUT2D eigenvalue weighted by Gasteiger charge is 2.23. The number of nitrogens with one attached hydrogen (secondary N) is 1. The lowest BCUT2D eigenvalue weighted by molar-refractivity contribution is 0.223. The maximum Gasteiger partial charge on any atom is 0.264 e. The van der Waals surface area contributed by atoms with Gasteiger partial charge in [-0.1, -0.05) is 39.3 Å². The Kier molecular flexibility index (Phi) is 9.22. The molecule has 1 atom stereocenters. The summed E-state index contributed by atoms with van der Waals surface area (Å²) in [5, 5.41) is 0. The van der Waals surface area contributed by atoms with Gasteiger partial charge in [-0.15, -0.1) is 0 Å². The highest BCUT2D eigenvalue weighted by atomic mass is 32.2. The summed E-state index contributed by atoms with van der Waals surface area (Å²) >= 11 is 0. The molecule has 2 aromatic carbocycles. The van der Waals surface area contributed by atoms with Crippen molar-refractivity contribution in [1.29, 1.82) is 0 Å². The lowest BCUT2D eigenvalue weighted by Crippen LogP contribution is -2.31. The SMILES string of the molecule is COc1ncc(-c2ccc3nc(N)n(CCCN4CCCCC4)c3c2)cc1NS(=O)(=O)c1ccc(C(C)C(C)C)cc1F. The maximum absolute atomic E-state index is 15.1. The Bertz CT molecular complexity index is 1700. The van der Waals surface area contributed by atoms with E-state index in [1.165, 1.54) is 38.5 Å². The van der Waals surface area contributed by atoms with Gasteiger partial charge in [-0.05, 0) is 92.2 Å². The zero-order valence-corrected chi connectivity index (χ0v) is 26.1. The summed E-state index contributed by atoms with van der Waals surface area (Å²) in [5.74, 6) is 0.0942. The molecule has 9 nitrogen and oxygen atoms in total. The van der Waals surface area contributed by atoms with E-state index >= 15 is 4.39 Å². The average molecular weight is 609 g/mol. The van der Waals surface area contributed by atoms with Crippen LogP contribution in [0.1, 0.15) is 57.9 Å². The van der Waals surface area contributed by atoms with Gasteiger partial charge in [0.2, 0.25) is 11.8 Å². The number of methoxy groups -OCH3 is 1. The molecule has 1 aliphatic heterocycles.